The predicted molar refractivity (Wildman–Crippen MR) is 47.2 cm³/mol. The number of hydrogen-bond donors (Lipinski definition) is 0. The van der Waals surface area contributed by atoms with Crippen LogP contribution in [-0.4, -0.2) is 25.8 Å². The smallest absolute Gasteiger partial charge is 0.308 e. The highest BCUT2D eigenvalue weighted by molar-refractivity contribution is 5.72. The van der Waals surface area contributed by atoms with Crippen LogP contribution in [0.4, 0.5) is 0 Å². The van der Waals surface area contributed by atoms with Crippen LogP contribution in [0.25, 0.3) is 0 Å². The van der Waals surface area contributed by atoms with Crippen molar-refractivity contribution in [3.05, 3.63) is 0 Å². The molecule has 0 aromatic carbocycles. The third-order valence-electron chi connectivity index (χ3n) is 3.14. The van der Waals surface area contributed by atoms with Crippen molar-refractivity contribution in [2.45, 2.75) is 26.2 Å². The number of esters is 1. The van der Waals surface area contributed by atoms with Gasteiger partial charge in [0.15, 0.2) is 0 Å². The van der Waals surface area contributed by atoms with Crippen LogP contribution in [0.5, 0.6) is 0 Å². The summed E-state index contributed by atoms with van der Waals surface area (Å²) in [5.74, 6) is 0.134. The molecule has 1 heterocycles. The molecule has 1 unspecified atom stereocenters. The molecule has 1 aliphatic heterocycles. The summed E-state index contributed by atoms with van der Waals surface area (Å²) in [5, 5.41) is 0. The van der Waals surface area contributed by atoms with E-state index in [1.54, 1.807) is 0 Å². The summed E-state index contributed by atoms with van der Waals surface area (Å²) in [5.41, 5.74) is 0.345. The van der Waals surface area contributed by atoms with Crippen LogP contribution in [0.2, 0.25) is 0 Å². The molecule has 0 radical (unpaired) electrons. The average Bonchev–Trinajstić information content (AvgIpc) is 2.47. The molecule has 0 aromatic heterocycles. The van der Waals surface area contributed by atoms with E-state index in [9.17, 15) is 4.79 Å². The van der Waals surface area contributed by atoms with Crippen LogP contribution < -0.4 is 0 Å². The summed E-state index contributed by atoms with van der Waals surface area (Å²) in [4.78, 5) is 11.4. The van der Waals surface area contributed by atoms with Crippen molar-refractivity contribution in [2.75, 3.05) is 19.8 Å². The second kappa shape index (κ2) is 3.29. The second-order valence-electron chi connectivity index (χ2n) is 4.18. The summed E-state index contributed by atoms with van der Waals surface area (Å²) in [6, 6.07) is 0. The second-order valence-corrected chi connectivity index (χ2v) is 4.18. The average molecular weight is 184 g/mol. The lowest BCUT2D eigenvalue weighted by Crippen LogP contribution is -2.40. The van der Waals surface area contributed by atoms with Gasteiger partial charge < -0.3 is 9.47 Å². The number of carbonyl (C=O) groups excluding carboxylic acids is 1. The van der Waals surface area contributed by atoms with E-state index in [0.29, 0.717) is 12.0 Å². The van der Waals surface area contributed by atoms with Gasteiger partial charge in [-0.3, -0.25) is 4.79 Å². The van der Waals surface area contributed by atoms with Crippen molar-refractivity contribution >= 4 is 5.97 Å². The lowest BCUT2D eigenvalue weighted by atomic mass is 9.83. The van der Waals surface area contributed by atoms with Crippen LogP contribution in [0.3, 0.4) is 0 Å². The Kier molecular flexibility index (Phi) is 2.28. The first-order chi connectivity index (χ1) is 6.26. The molecule has 0 N–H and O–H groups in total. The zero-order valence-electron chi connectivity index (χ0n) is 8.04. The molecule has 1 atom stereocenters. The molecule has 2 fully saturated rings. The van der Waals surface area contributed by atoms with Crippen LogP contribution in [0, 0.1) is 11.3 Å². The summed E-state index contributed by atoms with van der Waals surface area (Å²) >= 11 is 0. The fourth-order valence-electron chi connectivity index (χ4n) is 2.32. The Labute approximate surface area is 78.4 Å². The fourth-order valence-corrected chi connectivity index (χ4v) is 2.32. The van der Waals surface area contributed by atoms with E-state index >= 15 is 0 Å². The SMILES string of the molecule is CCOC(=O)C1CCC2(COC2)C1. The number of hydrogen-bond acceptors (Lipinski definition) is 3. The lowest BCUT2D eigenvalue weighted by Gasteiger charge is -2.38. The van der Waals surface area contributed by atoms with Crippen molar-refractivity contribution in [3.63, 3.8) is 0 Å². The molecule has 1 spiro atoms. The van der Waals surface area contributed by atoms with Crippen LogP contribution in [-0.2, 0) is 14.3 Å². The van der Waals surface area contributed by atoms with Crippen molar-refractivity contribution in [1.82, 2.24) is 0 Å². The number of carbonyl (C=O) groups is 1. The Bertz CT molecular complexity index is 208. The predicted octanol–water partition coefficient (Wildman–Crippen LogP) is 1.37. The number of ether oxygens (including phenoxy) is 2. The minimum absolute atomic E-state index is 0.00808. The summed E-state index contributed by atoms with van der Waals surface area (Å²) < 4.78 is 10.2. The molecule has 3 heteroatoms. The van der Waals surface area contributed by atoms with Gasteiger partial charge in [-0.1, -0.05) is 0 Å². The quantitative estimate of drug-likeness (QED) is 0.608. The summed E-state index contributed by atoms with van der Waals surface area (Å²) in [6.45, 7) is 4.06. The molecule has 1 saturated carbocycles. The topological polar surface area (TPSA) is 35.5 Å². The monoisotopic (exact) mass is 184 g/mol. The van der Waals surface area contributed by atoms with Gasteiger partial charge >= 0.3 is 5.97 Å². The molecule has 1 aliphatic carbocycles. The van der Waals surface area contributed by atoms with E-state index in [-0.39, 0.29) is 11.9 Å². The largest absolute Gasteiger partial charge is 0.466 e. The molecular weight excluding hydrogens is 168 g/mol. The van der Waals surface area contributed by atoms with Gasteiger partial charge in [0.1, 0.15) is 0 Å². The summed E-state index contributed by atoms with van der Waals surface area (Å²) in [6.07, 6.45) is 3.10. The Morgan fingerprint density at radius 1 is 1.62 bits per heavy atom. The van der Waals surface area contributed by atoms with Gasteiger partial charge in [-0.15, -0.1) is 0 Å². The van der Waals surface area contributed by atoms with Crippen molar-refractivity contribution in [3.8, 4) is 0 Å². The van der Waals surface area contributed by atoms with Gasteiger partial charge in [0.05, 0.1) is 25.7 Å². The first-order valence-electron chi connectivity index (χ1n) is 5.00. The third-order valence-corrected chi connectivity index (χ3v) is 3.14. The zero-order valence-corrected chi connectivity index (χ0v) is 8.04. The first kappa shape index (κ1) is 9.00. The molecule has 2 aliphatic rings. The van der Waals surface area contributed by atoms with Crippen LogP contribution in [0.1, 0.15) is 26.2 Å². The van der Waals surface area contributed by atoms with Crippen LogP contribution >= 0.6 is 0 Å². The maximum atomic E-state index is 11.4. The van der Waals surface area contributed by atoms with E-state index in [2.05, 4.69) is 0 Å². The van der Waals surface area contributed by atoms with Crippen molar-refractivity contribution in [2.24, 2.45) is 11.3 Å². The molecule has 2 rings (SSSR count). The van der Waals surface area contributed by atoms with Gasteiger partial charge in [0.25, 0.3) is 0 Å². The van der Waals surface area contributed by atoms with E-state index < -0.39 is 0 Å². The highest BCUT2D eigenvalue weighted by atomic mass is 16.5. The Morgan fingerprint density at radius 3 is 2.85 bits per heavy atom. The maximum Gasteiger partial charge on any atom is 0.308 e. The van der Waals surface area contributed by atoms with Crippen molar-refractivity contribution in [1.29, 1.82) is 0 Å². The molecule has 0 aromatic rings. The van der Waals surface area contributed by atoms with Gasteiger partial charge in [-0.2, -0.15) is 0 Å². The molecule has 0 bridgehead atoms. The molecule has 0 amide bonds. The molecule has 13 heavy (non-hydrogen) atoms. The van der Waals surface area contributed by atoms with Gasteiger partial charge in [0.2, 0.25) is 0 Å². The normalized spacial score (nSPS) is 30.1. The molecular formula is C10H16O3. The maximum absolute atomic E-state index is 11.4. The van der Waals surface area contributed by atoms with E-state index in [1.165, 1.54) is 0 Å². The third kappa shape index (κ3) is 1.57. The van der Waals surface area contributed by atoms with Gasteiger partial charge in [-0.05, 0) is 26.2 Å². The Morgan fingerprint density at radius 2 is 2.38 bits per heavy atom. The van der Waals surface area contributed by atoms with E-state index in [4.69, 9.17) is 9.47 Å². The molecule has 3 nitrogen and oxygen atoms in total. The zero-order chi connectivity index (χ0) is 9.31. The number of rotatable bonds is 2. The molecule has 74 valence electrons. The van der Waals surface area contributed by atoms with Crippen LogP contribution in [0.15, 0.2) is 0 Å². The van der Waals surface area contributed by atoms with E-state index in [0.717, 1.165) is 32.5 Å². The first-order valence-corrected chi connectivity index (χ1v) is 5.00. The fraction of sp³-hybridized carbons (Fsp3) is 0.900. The minimum Gasteiger partial charge on any atom is -0.466 e. The van der Waals surface area contributed by atoms with E-state index in [1.807, 2.05) is 6.92 Å². The van der Waals surface area contributed by atoms with Gasteiger partial charge in [-0.25, -0.2) is 0 Å². The summed E-state index contributed by atoms with van der Waals surface area (Å²) in [7, 11) is 0. The minimum atomic E-state index is -0.00808. The Balaban J connectivity index is 1.87. The highest BCUT2D eigenvalue weighted by Crippen LogP contribution is 2.47. The lowest BCUT2D eigenvalue weighted by molar-refractivity contribution is -0.150. The highest BCUT2D eigenvalue weighted by Gasteiger charge is 2.47. The van der Waals surface area contributed by atoms with Crippen molar-refractivity contribution < 1.29 is 14.3 Å². The van der Waals surface area contributed by atoms with Gasteiger partial charge in [0, 0.05) is 5.41 Å². The Hall–Kier alpha value is -0.570. The standard InChI is InChI=1S/C10H16O3/c1-2-13-9(11)8-3-4-10(5-8)6-12-7-10/h8H,2-7H2,1H3. The molecule has 1 saturated heterocycles.